The molecule has 2 aliphatic heterocycles. The Hall–Kier alpha value is -1.80. The minimum Gasteiger partial charge on any atom is -0.365 e. The maximum absolute atomic E-state index is 3.55. The molecule has 0 aromatic heterocycles. The number of fused-ring (bicyclic) bond motifs is 6. The standard InChI is InChI=1S/C24H32N2/c1-6-10-16(7-2)24(3,4)17-13-14-26-20(15-17)18-11-8-9-12-19(18)21-22(25-5)23(21)26/h6-14,17,20-23,25H,15H2,1-5H3/b10-6-,16-7+/t17?,20?,21?,22-,23?/m0/s1. The van der Waals surface area contributed by atoms with E-state index in [9.17, 15) is 0 Å². The summed E-state index contributed by atoms with van der Waals surface area (Å²) in [4.78, 5) is 2.64. The van der Waals surface area contributed by atoms with E-state index in [1.807, 2.05) is 0 Å². The van der Waals surface area contributed by atoms with Gasteiger partial charge in [0.1, 0.15) is 0 Å². The van der Waals surface area contributed by atoms with Crippen LogP contribution in [0.5, 0.6) is 0 Å². The van der Waals surface area contributed by atoms with Gasteiger partial charge in [-0.25, -0.2) is 0 Å². The monoisotopic (exact) mass is 348 g/mol. The molecule has 1 N–H and O–H groups in total. The minimum absolute atomic E-state index is 0.140. The predicted octanol–water partition coefficient (Wildman–Crippen LogP) is 5.18. The van der Waals surface area contributed by atoms with Crippen molar-refractivity contribution < 1.29 is 0 Å². The van der Waals surface area contributed by atoms with E-state index in [1.54, 1.807) is 11.1 Å². The highest BCUT2D eigenvalue weighted by Gasteiger charge is 2.59. The fraction of sp³-hybridized carbons (Fsp3) is 0.500. The molecule has 2 nitrogen and oxygen atoms in total. The number of nitrogens with one attached hydrogen (secondary N) is 1. The van der Waals surface area contributed by atoms with Gasteiger partial charge in [0.2, 0.25) is 0 Å². The fourth-order valence-electron chi connectivity index (χ4n) is 5.47. The van der Waals surface area contributed by atoms with Gasteiger partial charge in [0.25, 0.3) is 0 Å². The molecule has 0 spiro atoms. The molecule has 4 rings (SSSR count). The van der Waals surface area contributed by atoms with Crippen molar-refractivity contribution in [2.24, 2.45) is 11.3 Å². The van der Waals surface area contributed by atoms with Gasteiger partial charge in [-0.15, -0.1) is 0 Å². The lowest BCUT2D eigenvalue weighted by Crippen LogP contribution is -2.39. The van der Waals surface area contributed by atoms with Crippen LogP contribution in [0.3, 0.4) is 0 Å². The molecule has 1 fully saturated rings. The van der Waals surface area contributed by atoms with Crippen molar-refractivity contribution in [3.8, 4) is 0 Å². The molecule has 2 heterocycles. The van der Waals surface area contributed by atoms with E-state index in [0.29, 0.717) is 30.0 Å². The molecule has 1 aromatic carbocycles. The molecule has 5 atom stereocenters. The highest BCUT2D eigenvalue weighted by Crippen LogP contribution is 2.58. The number of rotatable bonds is 4. The van der Waals surface area contributed by atoms with E-state index in [-0.39, 0.29) is 5.41 Å². The number of allylic oxidation sites excluding steroid dienone is 5. The number of likely N-dealkylation sites (N-methyl/N-ethyl adjacent to an activating group) is 1. The molecule has 1 saturated carbocycles. The molecule has 138 valence electrons. The SMILES string of the molecule is C/C=C\C(=C/C)C(C)(C)C1C=CN2C(C1)c1ccccc1C1C2[C@H]1NC. The van der Waals surface area contributed by atoms with E-state index in [0.717, 1.165) is 0 Å². The molecular formula is C24H32N2. The Bertz CT molecular complexity index is 770. The summed E-state index contributed by atoms with van der Waals surface area (Å²) in [6.07, 6.45) is 12.8. The predicted molar refractivity (Wildman–Crippen MR) is 110 cm³/mol. The van der Waals surface area contributed by atoms with Crippen molar-refractivity contribution in [2.45, 2.75) is 58.2 Å². The first-order valence-electron chi connectivity index (χ1n) is 10.1. The third kappa shape index (κ3) is 2.50. The quantitative estimate of drug-likeness (QED) is 0.754. The van der Waals surface area contributed by atoms with Gasteiger partial charge in [0.05, 0.1) is 12.1 Å². The summed E-state index contributed by atoms with van der Waals surface area (Å²) in [5.74, 6) is 1.19. The van der Waals surface area contributed by atoms with Crippen LogP contribution >= 0.6 is 0 Å². The van der Waals surface area contributed by atoms with Gasteiger partial charge < -0.3 is 10.2 Å². The largest absolute Gasteiger partial charge is 0.365 e. The van der Waals surface area contributed by atoms with Crippen LogP contribution in [0, 0.1) is 11.3 Å². The molecular weight excluding hydrogens is 316 g/mol. The van der Waals surface area contributed by atoms with Gasteiger partial charge in [0, 0.05) is 12.0 Å². The Labute approximate surface area is 158 Å². The molecule has 26 heavy (non-hydrogen) atoms. The van der Waals surface area contributed by atoms with Crippen LogP contribution in [0.15, 0.2) is 60.3 Å². The van der Waals surface area contributed by atoms with Crippen LogP contribution < -0.4 is 5.32 Å². The zero-order valence-corrected chi connectivity index (χ0v) is 16.7. The zero-order chi connectivity index (χ0) is 18.5. The van der Waals surface area contributed by atoms with Crippen LogP contribution in [0.4, 0.5) is 0 Å². The lowest BCUT2D eigenvalue weighted by Gasteiger charge is -2.45. The molecule has 0 saturated heterocycles. The average molecular weight is 349 g/mol. The van der Waals surface area contributed by atoms with Crippen LogP contribution in [-0.4, -0.2) is 24.0 Å². The van der Waals surface area contributed by atoms with Crippen LogP contribution in [0.1, 0.15) is 57.2 Å². The fourth-order valence-corrected chi connectivity index (χ4v) is 5.47. The molecule has 1 aromatic rings. The summed E-state index contributed by atoms with van der Waals surface area (Å²) in [6.45, 7) is 9.08. The van der Waals surface area contributed by atoms with Gasteiger partial charge in [0.15, 0.2) is 0 Å². The lowest BCUT2D eigenvalue weighted by atomic mass is 9.68. The molecule has 0 radical (unpaired) electrons. The highest BCUT2D eigenvalue weighted by molar-refractivity contribution is 5.47. The van der Waals surface area contributed by atoms with E-state index < -0.39 is 0 Å². The smallest absolute Gasteiger partial charge is 0.0549 e. The first-order valence-corrected chi connectivity index (χ1v) is 10.1. The Morgan fingerprint density at radius 1 is 1.19 bits per heavy atom. The van der Waals surface area contributed by atoms with Gasteiger partial charge in [-0.1, -0.05) is 62.4 Å². The molecule has 4 unspecified atom stereocenters. The van der Waals surface area contributed by atoms with Crippen LogP contribution in [-0.2, 0) is 0 Å². The first kappa shape index (κ1) is 17.6. The molecule has 1 aliphatic carbocycles. The van der Waals surface area contributed by atoms with Gasteiger partial charge in [-0.05, 0) is 61.5 Å². The number of nitrogens with zero attached hydrogens (tertiary/aromatic N) is 1. The molecule has 2 heteroatoms. The van der Waals surface area contributed by atoms with E-state index in [1.165, 1.54) is 12.0 Å². The average Bonchev–Trinajstić information content (AvgIpc) is 3.40. The van der Waals surface area contributed by atoms with Crippen molar-refractivity contribution in [3.63, 3.8) is 0 Å². The van der Waals surface area contributed by atoms with Gasteiger partial charge in [-0.2, -0.15) is 0 Å². The van der Waals surface area contributed by atoms with Crippen molar-refractivity contribution in [1.29, 1.82) is 0 Å². The van der Waals surface area contributed by atoms with Crippen LogP contribution in [0.25, 0.3) is 0 Å². The van der Waals surface area contributed by atoms with Gasteiger partial charge >= 0.3 is 0 Å². The third-order valence-corrected chi connectivity index (χ3v) is 7.03. The summed E-state index contributed by atoms with van der Waals surface area (Å²) in [6, 6.07) is 10.9. The zero-order valence-electron chi connectivity index (χ0n) is 16.7. The topological polar surface area (TPSA) is 15.3 Å². The lowest BCUT2D eigenvalue weighted by molar-refractivity contribution is 0.160. The van der Waals surface area contributed by atoms with Crippen LogP contribution in [0.2, 0.25) is 0 Å². The van der Waals surface area contributed by atoms with E-state index in [4.69, 9.17) is 0 Å². The minimum atomic E-state index is 0.140. The Morgan fingerprint density at radius 3 is 2.58 bits per heavy atom. The Kier molecular flexibility index (Phi) is 4.35. The second kappa shape index (κ2) is 6.42. The van der Waals surface area contributed by atoms with Crippen molar-refractivity contribution >= 4 is 0 Å². The maximum atomic E-state index is 3.55. The van der Waals surface area contributed by atoms with Gasteiger partial charge in [-0.3, -0.25) is 0 Å². The maximum Gasteiger partial charge on any atom is 0.0549 e. The third-order valence-electron chi connectivity index (χ3n) is 7.03. The first-order chi connectivity index (χ1) is 12.5. The molecule has 0 amide bonds. The summed E-state index contributed by atoms with van der Waals surface area (Å²) in [7, 11) is 2.11. The Balaban J connectivity index is 1.70. The molecule has 0 bridgehead atoms. The van der Waals surface area contributed by atoms with Crippen molar-refractivity contribution in [1.82, 2.24) is 10.2 Å². The number of benzene rings is 1. The second-order valence-electron chi connectivity index (χ2n) is 8.57. The summed E-state index contributed by atoms with van der Waals surface area (Å²) >= 11 is 0. The van der Waals surface area contributed by atoms with E-state index >= 15 is 0 Å². The van der Waals surface area contributed by atoms with Crippen molar-refractivity contribution in [3.05, 3.63) is 71.5 Å². The number of hydrogen-bond acceptors (Lipinski definition) is 2. The summed E-state index contributed by atoms with van der Waals surface area (Å²) < 4.78 is 0. The normalized spacial score (nSPS) is 33.0. The highest BCUT2D eigenvalue weighted by atomic mass is 15.3. The second-order valence-corrected chi connectivity index (χ2v) is 8.57. The summed E-state index contributed by atoms with van der Waals surface area (Å²) in [5.41, 5.74) is 4.70. The number of hydrogen-bond donors (Lipinski definition) is 1. The van der Waals surface area contributed by atoms with E-state index in [2.05, 4.69) is 99.7 Å². The summed E-state index contributed by atoms with van der Waals surface area (Å²) in [5, 5.41) is 3.55. The molecule has 3 aliphatic rings. The van der Waals surface area contributed by atoms with Crippen molar-refractivity contribution in [2.75, 3.05) is 7.05 Å². The Morgan fingerprint density at radius 2 is 1.92 bits per heavy atom.